The summed E-state index contributed by atoms with van der Waals surface area (Å²) in [6, 6.07) is 0.279. The van der Waals surface area contributed by atoms with Crippen molar-refractivity contribution in [2.75, 3.05) is 53.1 Å². The normalized spacial score (nSPS) is 18.3. The number of amides is 1. The maximum atomic E-state index is 11.7. The molecule has 1 amide bonds. The summed E-state index contributed by atoms with van der Waals surface area (Å²) in [5.41, 5.74) is 0. The number of likely N-dealkylation sites (tertiary alicyclic amines) is 1. The van der Waals surface area contributed by atoms with E-state index in [1.54, 1.807) is 7.11 Å². The van der Waals surface area contributed by atoms with E-state index in [-0.39, 0.29) is 11.9 Å². The van der Waals surface area contributed by atoms with E-state index in [0.29, 0.717) is 32.8 Å². The zero-order chi connectivity index (χ0) is 16.9. The summed E-state index contributed by atoms with van der Waals surface area (Å²) in [7, 11) is 1.67. The number of ether oxygens (including phenoxy) is 2. The van der Waals surface area contributed by atoms with E-state index < -0.39 is 0 Å². The van der Waals surface area contributed by atoms with Gasteiger partial charge in [0.15, 0.2) is 5.96 Å². The lowest BCUT2D eigenvalue weighted by atomic mass is 10.3. The number of nitrogens with one attached hydrogen (secondary N) is 2. The number of aliphatic imine (C=N–C) groups is 1. The Morgan fingerprint density at radius 2 is 2.13 bits per heavy atom. The topological polar surface area (TPSA) is 75.2 Å². The molecule has 1 atom stereocenters. The summed E-state index contributed by atoms with van der Waals surface area (Å²) in [6.07, 6.45) is 2.42. The minimum absolute atomic E-state index is 0.226. The minimum atomic E-state index is 0.226. The van der Waals surface area contributed by atoms with Crippen LogP contribution in [0.5, 0.6) is 0 Å². The van der Waals surface area contributed by atoms with Gasteiger partial charge in [-0.15, -0.1) is 0 Å². The summed E-state index contributed by atoms with van der Waals surface area (Å²) in [5.74, 6) is 1.05. The van der Waals surface area contributed by atoms with Crippen molar-refractivity contribution >= 4 is 11.9 Å². The molecule has 23 heavy (non-hydrogen) atoms. The van der Waals surface area contributed by atoms with Crippen molar-refractivity contribution in [3.63, 3.8) is 0 Å². The lowest BCUT2D eigenvalue weighted by molar-refractivity contribution is -0.129. The minimum Gasteiger partial charge on any atom is -0.382 e. The lowest BCUT2D eigenvalue weighted by Crippen LogP contribution is -2.45. The van der Waals surface area contributed by atoms with Crippen LogP contribution in [0.2, 0.25) is 0 Å². The van der Waals surface area contributed by atoms with E-state index >= 15 is 0 Å². The van der Waals surface area contributed by atoms with E-state index in [1.165, 1.54) is 0 Å². The second kappa shape index (κ2) is 12.1. The highest BCUT2D eigenvalue weighted by Gasteiger charge is 2.25. The molecule has 0 spiro atoms. The third-order valence-electron chi connectivity index (χ3n) is 3.68. The van der Waals surface area contributed by atoms with Gasteiger partial charge in [-0.1, -0.05) is 6.92 Å². The Labute approximate surface area is 139 Å². The molecule has 1 heterocycles. The Morgan fingerprint density at radius 1 is 1.30 bits per heavy atom. The number of nitrogens with zero attached hydrogens (tertiary/aromatic N) is 2. The molecular weight excluding hydrogens is 296 g/mol. The van der Waals surface area contributed by atoms with Crippen LogP contribution in [0, 0.1) is 0 Å². The molecule has 0 aliphatic carbocycles. The van der Waals surface area contributed by atoms with Gasteiger partial charge in [0, 0.05) is 52.4 Å². The highest BCUT2D eigenvalue weighted by molar-refractivity contribution is 5.80. The van der Waals surface area contributed by atoms with Gasteiger partial charge in [-0.2, -0.15) is 0 Å². The van der Waals surface area contributed by atoms with E-state index in [1.807, 2.05) is 18.7 Å². The van der Waals surface area contributed by atoms with E-state index in [9.17, 15) is 4.79 Å². The maximum absolute atomic E-state index is 11.7. The number of hydrogen-bond acceptors (Lipinski definition) is 4. The van der Waals surface area contributed by atoms with Gasteiger partial charge in [0.2, 0.25) is 5.91 Å². The molecule has 1 aliphatic rings. The quantitative estimate of drug-likeness (QED) is 0.349. The first-order chi connectivity index (χ1) is 11.2. The molecule has 134 valence electrons. The molecule has 0 bridgehead atoms. The zero-order valence-electron chi connectivity index (χ0n) is 14.8. The van der Waals surface area contributed by atoms with Crippen molar-refractivity contribution in [1.29, 1.82) is 0 Å². The predicted molar refractivity (Wildman–Crippen MR) is 91.7 cm³/mol. The van der Waals surface area contributed by atoms with E-state index in [2.05, 4.69) is 15.6 Å². The highest BCUT2D eigenvalue weighted by Crippen LogP contribution is 2.10. The van der Waals surface area contributed by atoms with Crippen LogP contribution < -0.4 is 10.6 Å². The number of carbonyl (C=O) groups excluding carboxylic acids is 1. The molecule has 0 radical (unpaired) electrons. The number of rotatable bonds is 10. The molecule has 1 rings (SSSR count). The Bertz CT molecular complexity index is 363. The van der Waals surface area contributed by atoms with Crippen molar-refractivity contribution in [1.82, 2.24) is 15.5 Å². The van der Waals surface area contributed by atoms with Crippen LogP contribution in [0.1, 0.15) is 33.1 Å². The SMILES string of the molecule is CCNC(=NCCCOCCOC)NC1CCN(C(=O)CC)C1. The third-order valence-corrected chi connectivity index (χ3v) is 3.68. The number of guanidine groups is 1. The van der Waals surface area contributed by atoms with Crippen LogP contribution in [0.15, 0.2) is 4.99 Å². The monoisotopic (exact) mass is 328 g/mol. The van der Waals surface area contributed by atoms with Gasteiger partial charge in [0.25, 0.3) is 0 Å². The number of carbonyl (C=O) groups is 1. The predicted octanol–water partition coefficient (Wildman–Crippen LogP) is 0.606. The van der Waals surface area contributed by atoms with Crippen molar-refractivity contribution in [2.24, 2.45) is 4.99 Å². The van der Waals surface area contributed by atoms with Crippen LogP contribution in [-0.2, 0) is 14.3 Å². The molecule has 0 aromatic carbocycles. The first-order valence-corrected chi connectivity index (χ1v) is 8.60. The molecule has 0 aromatic heterocycles. The Hall–Kier alpha value is -1.34. The second-order valence-corrected chi connectivity index (χ2v) is 5.54. The molecule has 1 fully saturated rings. The molecule has 1 aliphatic heterocycles. The van der Waals surface area contributed by atoms with Gasteiger partial charge in [-0.05, 0) is 19.8 Å². The highest BCUT2D eigenvalue weighted by atomic mass is 16.5. The van der Waals surface area contributed by atoms with Crippen LogP contribution in [0.3, 0.4) is 0 Å². The Kier molecular flexibility index (Phi) is 10.4. The van der Waals surface area contributed by atoms with Gasteiger partial charge in [0.1, 0.15) is 0 Å². The van der Waals surface area contributed by atoms with Gasteiger partial charge in [-0.3, -0.25) is 9.79 Å². The average Bonchev–Trinajstić information content (AvgIpc) is 3.02. The third kappa shape index (κ3) is 8.18. The summed E-state index contributed by atoms with van der Waals surface area (Å²) in [4.78, 5) is 18.2. The molecule has 1 saturated heterocycles. The zero-order valence-corrected chi connectivity index (χ0v) is 14.8. The average molecular weight is 328 g/mol. The fourth-order valence-corrected chi connectivity index (χ4v) is 2.44. The first-order valence-electron chi connectivity index (χ1n) is 8.60. The molecule has 0 saturated carbocycles. The van der Waals surface area contributed by atoms with Crippen LogP contribution in [-0.4, -0.2) is 75.9 Å². The summed E-state index contributed by atoms with van der Waals surface area (Å²) >= 11 is 0. The van der Waals surface area contributed by atoms with Crippen LogP contribution >= 0.6 is 0 Å². The summed E-state index contributed by atoms with van der Waals surface area (Å²) in [6.45, 7) is 9.02. The number of hydrogen-bond donors (Lipinski definition) is 2. The van der Waals surface area contributed by atoms with Crippen LogP contribution in [0.4, 0.5) is 0 Å². The van der Waals surface area contributed by atoms with Gasteiger partial charge >= 0.3 is 0 Å². The smallest absolute Gasteiger partial charge is 0.222 e. The molecule has 2 N–H and O–H groups in total. The van der Waals surface area contributed by atoms with Gasteiger partial charge in [-0.25, -0.2) is 0 Å². The molecule has 7 nitrogen and oxygen atoms in total. The van der Waals surface area contributed by atoms with Gasteiger partial charge in [0.05, 0.1) is 13.2 Å². The number of methoxy groups -OCH3 is 1. The Morgan fingerprint density at radius 3 is 2.83 bits per heavy atom. The van der Waals surface area contributed by atoms with E-state index in [4.69, 9.17) is 9.47 Å². The molecule has 0 aromatic rings. The summed E-state index contributed by atoms with van der Waals surface area (Å²) in [5, 5.41) is 6.67. The first kappa shape index (κ1) is 19.7. The standard InChI is InChI=1S/C16H32N4O3/c1-4-15(21)20-9-7-14(13-20)19-16(17-5-2)18-8-6-10-23-12-11-22-3/h14H,4-13H2,1-3H3,(H2,17,18,19). The fraction of sp³-hybridized carbons (Fsp3) is 0.875. The molecule has 1 unspecified atom stereocenters. The van der Waals surface area contributed by atoms with Crippen LogP contribution in [0.25, 0.3) is 0 Å². The van der Waals surface area contributed by atoms with Crippen molar-refractivity contribution in [3.8, 4) is 0 Å². The summed E-state index contributed by atoms with van der Waals surface area (Å²) < 4.78 is 10.3. The fourth-order valence-electron chi connectivity index (χ4n) is 2.44. The largest absolute Gasteiger partial charge is 0.382 e. The van der Waals surface area contributed by atoms with E-state index in [0.717, 1.165) is 38.4 Å². The molecule has 7 heteroatoms. The van der Waals surface area contributed by atoms with Crippen molar-refractivity contribution < 1.29 is 14.3 Å². The van der Waals surface area contributed by atoms with Crippen molar-refractivity contribution in [3.05, 3.63) is 0 Å². The Balaban J connectivity index is 2.28. The molecular formula is C16H32N4O3. The second-order valence-electron chi connectivity index (χ2n) is 5.54. The lowest BCUT2D eigenvalue weighted by Gasteiger charge is -2.18. The van der Waals surface area contributed by atoms with Crippen molar-refractivity contribution in [2.45, 2.75) is 39.2 Å². The maximum Gasteiger partial charge on any atom is 0.222 e. The van der Waals surface area contributed by atoms with Gasteiger partial charge < -0.3 is 25.0 Å².